The fraction of sp³-hybridized carbons (Fsp3) is 0. The number of benzene rings is 1. The van der Waals surface area contributed by atoms with Gasteiger partial charge in [-0.3, -0.25) is 9.98 Å². The molecule has 3 heterocycles. The Bertz CT molecular complexity index is 863. The van der Waals surface area contributed by atoms with Crippen LogP contribution in [0.15, 0.2) is 88.3 Å². The molecule has 0 saturated carbocycles. The van der Waals surface area contributed by atoms with Crippen molar-refractivity contribution in [3.05, 3.63) is 89.0 Å². The van der Waals surface area contributed by atoms with Gasteiger partial charge in [-0.15, -0.1) is 0 Å². The van der Waals surface area contributed by atoms with E-state index in [9.17, 15) is 0 Å². The number of rotatable bonds is 2. The van der Waals surface area contributed by atoms with Gasteiger partial charge < -0.3 is 4.57 Å². The summed E-state index contributed by atoms with van der Waals surface area (Å²) in [4.78, 5) is 8.91. The van der Waals surface area contributed by atoms with Gasteiger partial charge in [-0.25, -0.2) is 0 Å². The Kier molecular flexibility index (Phi) is 3.13. The second-order valence-electron chi connectivity index (χ2n) is 4.97. The Balaban J connectivity index is 1.81. The van der Waals surface area contributed by atoms with Crippen LogP contribution >= 0.6 is 11.6 Å². The van der Waals surface area contributed by atoms with Crippen molar-refractivity contribution in [2.45, 2.75) is 0 Å². The van der Waals surface area contributed by atoms with Crippen LogP contribution in [-0.2, 0) is 0 Å². The van der Waals surface area contributed by atoms with Crippen LogP contribution in [0.3, 0.4) is 0 Å². The molecule has 2 aliphatic heterocycles. The van der Waals surface area contributed by atoms with Gasteiger partial charge in [-0.1, -0.05) is 11.6 Å². The minimum atomic E-state index is 0.727. The van der Waals surface area contributed by atoms with Gasteiger partial charge in [0.1, 0.15) is 0 Å². The van der Waals surface area contributed by atoms with E-state index in [2.05, 4.69) is 20.6 Å². The van der Waals surface area contributed by atoms with Crippen molar-refractivity contribution >= 4 is 23.5 Å². The molecule has 0 unspecified atom stereocenters. The lowest BCUT2D eigenvalue weighted by Crippen LogP contribution is -2.09. The van der Waals surface area contributed by atoms with Gasteiger partial charge in [0.15, 0.2) is 0 Å². The van der Waals surface area contributed by atoms with E-state index in [1.54, 1.807) is 6.21 Å². The van der Waals surface area contributed by atoms with Gasteiger partial charge in [0.2, 0.25) is 0 Å². The molecule has 1 aromatic heterocycles. The largest absolute Gasteiger partial charge is 0.315 e. The highest BCUT2D eigenvalue weighted by atomic mass is 35.5. The molecule has 0 saturated heterocycles. The third kappa shape index (κ3) is 2.16. The number of nitrogens with zero attached hydrogens (tertiary/aromatic N) is 3. The third-order valence-electron chi connectivity index (χ3n) is 3.63. The summed E-state index contributed by atoms with van der Waals surface area (Å²) in [5, 5.41) is 0.727. The maximum atomic E-state index is 5.98. The highest BCUT2D eigenvalue weighted by Gasteiger charge is 2.19. The number of aromatic nitrogens is 1. The summed E-state index contributed by atoms with van der Waals surface area (Å²) in [5.41, 5.74) is 4.99. The quantitative estimate of drug-likeness (QED) is 0.790. The summed E-state index contributed by atoms with van der Waals surface area (Å²) in [6.45, 7) is 0. The van der Waals surface area contributed by atoms with Crippen molar-refractivity contribution in [2.24, 2.45) is 9.98 Å². The Morgan fingerprint density at radius 2 is 1.86 bits per heavy atom. The molecule has 2 aliphatic rings. The molecule has 4 rings (SSSR count). The second-order valence-corrected chi connectivity index (χ2v) is 5.41. The van der Waals surface area contributed by atoms with Gasteiger partial charge in [-0.05, 0) is 54.6 Å². The SMILES string of the molecule is Clc1ccc(-n2cccc2C2=NC=CC2=C2C=CC=N2)cc1. The Hall–Kier alpha value is -2.65. The lowest BCUT2D eigenvalue weighted by molar-refractivity contribution is 1.06. The molecular weight excluding hydrogens is 294 g/mol. The first-order chi connectivity index (χ1) is 10.8. The number of allylic oxidation sites excluding steroid dienone is 4. The maximum absolute atomic E-state index is 5.98. The summed E-state index contributed by atoms with van der Waals surface area (Å²) in [5.74, 6) is 0. The number of hydrogen-bond donors (Lipinski definition) is 0. The van der Waals surface area contributed by atoms with Crippen LogP contribution in [0.2, 0.25) is 5.02 Å². The van der Waals surface area contributed by atoms with E-state index in [0.717, 1.165) is 33.4 Å². The van der Waals surface area contributed by atoms with Crippen LogP contribution in [0.25, 0.3) is 5.69 Å². The predicted octanol–water partition coefficient (Wildman–Crippen LogP) is 4.34. The van der Waals surface area contributed by atoms with Crippen molar-refractivity contribution in [1.82, 2.24) is 4.57 Å². The third-order valence-corrected chi connectivity index (χ3v) is 3.88. The van der Waals surface area contributed by atoms with E-state index < -0.39 is 0 Å². The van der Waals surface area contributed by atoms with E-state index in [-0.39, 0.29) is 0 Å². The summed E-state index contributed by atoms with van der Waals surface area (Å²) in [6.07, 6.45) is 11.6. The molecule has 0 spiro atoms. The molecule has 0 aliphatic carbocycles. The van der Waals surface area contributed by atoms with Crippen molar-refractivity contribution < 1.29 is 0 Å². The van der Waals surface area contributed by atoms with E-state index in [4.69, 9.17) is 11.6 Å². The highest BCUT2D eigenvalue weighted by molar-refractivity contribution is 6.30. The zero-order valence-corrected chi connectivity index (χ0v) is 12.4. The zero-order chi connectivity index (χ0) is 14.9. The van der Waals surface area contributed by atoms with Gasteiger partial charge in [-0.2, -0.15) is 0 Å². The monoisotopic (exact) mass is 305 g/mol. The lowest BCUT2D eigenvalue weighted by Gasteiger charge is -2.11. The predicted molar refractivity (Wildman–Crippen MR) is 91.1 cm³/mol. The van der Waals surface area contributed by atoms with Crippen molar-refractivity contribution in [3.8, 4) is 5.69 Å². The minimum absolute atomic E-state index is 0.727. The Morgan fingerprint density at radius 1 is 1.00 bits per heavy atom. The molecule has 0 amide bonds. The second kappa shape index (κ2) is 5.28. The molecule has 106 valence electrons. The fourth-order valence-electron chi connectivity index (χ4n) is 2.61. The first kappa shape index (κ1) is 13.0. The molecule has 4 heteroatoms. The highest BCUT2D eigenvalue weighted by Crippen LogP contribution is 2.25. The molecule has 0 atom stereocenters. The molecule has 0 N–H and O–H groups in total. The van der Waals surface area contributed by atoms with Gasteiger partial charge in [0, 0.05) is 34.9 Å². The molecule has 1 aromatic carbocycles. The van der Waals surface area contributed by atoms with Crippen LogP contribution in [0, 0.1) is 0 Å². The average molecular weight is 306 g/mol. The molecule has 3 nitrogen and oxygen atoms in total. The number of aliphatic imine (C=N–C) groups is 2. The average Bonchev–Trinajstić information content (AvgIpc) is 3.27. The van der Waals surface area contributed by atoms with E-state index in [0.29, 0.717) is 0 Å². The van der Waals surface area contributed by atoms with Gasteiger partial charge in [0.05, 0.1) is 17.1 Å². The minimum Gasteiger partial charge on any atom is -0.315 e. The lowest BCUT2D eigenvalue weighted by atomic mass is 10.1. The summed E-state index contributed by atoms with van der Waals surface area (Å²) < 4.78 is 2.10. The first-order valence-electron chi connectivity index (χ1n) is 6.96. The molecule has 22 heavy (non-hydrogen) atoms. The summed E-state index contributed by atoms with van der Waals surface area (Å²) in [7, 11) is 0. The van der Waals surface area contributed by atoms with Crippen LogP contribution in [-0.4, -0.2) is 16.5 Å². The van der Waals surface area contributed by atoms with E-state index in [1.807, 2.05) is 61.0 Å². The van der Waals surface area contributed by atoms with Crippen molar-refractivity contribution in [2.75, 3.05) is 0 Å². The summed E-state index contributed by atoms with van der Waals surface area (Å²) >= 11 is 5.98. The van der Waals surface area contributed by atoms with E-state index >= 15 is 0 Å². The molecule has 2 aromatic rings. The van der Waals surface area contributed by atoms with Crippen LogP contribution in [0.1, 0.15) is 5.69 Å². The smallest absolute Gasteiger partial charge is 0.0964 e. The van der Waals surface area contributed by atoms with Gasteiger partial charge in [0.25, 0.3) is 0 Å². The fourth-order valence-corrected chi connectivity index (χ4v) is 2.73. The topological polar surface area (TPSA) is 29.6 Å². The van der Waals surface area contributed by atoms with Crippen molar-refractivity contribution in [3.63, 3.8) is 0 Å². The Labute approximate surface area is 133 Å². The summed E-state index contributed by atoms with van der Waals surface area (Å²) in [6, 6.07) is 11.8. The molecule has 0 radical (unpaired) electrons. The van der Waals surface area contributed by atoms with Crippen LogP contribution in [0.4, 0.5) is 0 Å². The van der Waals surface area contributed by atoms with E-state index in [1.165, 1.54) is 0 Å². The van der Waals surface area contributed by atoms with Gasteiger partial charge >= 0.3 is 0 Å². The van der Waals surface area contributed by atoms with Crippen molar-refractivity contribution in [1.29, 1.82) is 0 Å². The molecule has 0 fully saturated rings. The Morgan fingerprint density at radius 3 is 2.64 bits per heavy atom. The first-order valence-corrected chi connectivity index (χ1v) is 7.34. The molecular formula is C18H12ClN3. The molecule has 0 bridgehead atoms. The van der Waals surface area contributed by atoms with Crippen LogP contribution < -0.4 is 0 Å². The number of halogens is 1. The normalized spacial score (nSPS) is 19.2. The van der Waals surface area contributed by atoms with Crippen LogP contribution in [0.5, 0.6) is 0 Å². The maximum Gasteiger partial charge on any atom is 0.0964 e. The standard InChI is InChI=1S/C18H12ClN3/c19-13-5-7-14(8-6-13)22-12-2-4-17(22)18-15(9-11-21-18)16-3-1-10-20-16/h1-12H. The zero-order valence-electron chi connectivity index (χ0n) is 11.6. The number of hydrogen-bond acceptors (Lipinski definition) is 2.